The van der Waals surface area contributed by atoms with Crippen LogP contribution in [0.15, 0.2) is 0 Å². The summed E-state index contributed by atoms with van der Waals surface area (Å²) in [5.74, 6) is 0. The van der Waals surface area contributed by atoms with E-state index in [0.29, 0.717) is 0 Å². The first-order valence-electron chi connectivity index (χ1n) is 9.35. The molecule has 1 nitrogen and oxygen atoms in total. The Morgan fingerprint density at radius 2 is 0.800 bits per heavy atom. The topological polar surface area (TPSA) is 17.1 Å². The van der Waals surface area contributed by atoms with Gasteiger partial charge in [0.2, 0.25) is 0 Å². The molecule has 0 radical (unpaired) electrons. The van der Waals surface area contributed by atoms with Crippen molar-refractivity contribution in [2.75, 3.05) is 0 Å². The van der Waals surface area contributed by atoms with Crippen LogP contribution in [0.1, 0.15) is 110 Å². The van der Waals surface area contributed by atoms with Crippen molar-refractivity contribution in [3.63, 3.8) is 0 Å². The van der Waals surface area contributed by atoms with E-state index in [2.05, 4.69) is 6.92 Å². The third-order valence-electron chi connectivity index (χ3n) is 4.18. The second kappa shape index (κ2) is 19.6. The van der Waals surface area contributed by atoms with Crippen molar-refractivity contribution >= 4 is 21.1 Å². The van der Waals surface area contributed by atoms with Gasteiger partial charge < -0.3 is 0 Å². The van der Waals surface area contributed by atoms with Crippen LogP contribution in [0.2, 0.25) is 4.44 Å². The minimum absolute atomic E-state index is 1.08. The van der Waals surface area contributed by atoms with Crippen molar-refractivity contribution in [1.82, 2.24) is 0 Å². The molecule has 0 N–H and O–H groups in total. The van der Waals surface area contributed by atoms with Gasteiger partial charge in [0, 0.05) is 0 Å². The molecule has 0 aromatic rings. The summed E-state index contributed by atoms with van der Waals surface area (Å²) in [4.78, 5) is 0. The summed E-state index contributed by atoms with van der Waals surface area (Å²) in [6.45, 7) is 2.29. The summed E-state index contributed by atoms with van der Waals surface area (Å²) < 4.78 is 11.5. The van der Waals surface area contributed by atoms with Crippen LogP contribution in [-0.4, -0.2) is 21.1 Å². The molecule has 0 bridgehead atoms. The van der Waals surface area contributed by atoms with Crippen LogP contribution in [0.5, 0.6) is 0 Å². The second-order valence-corrected chi connectivity index (χ2v) is 8.86. The fraction of sp³-hybridized carbons (Fsp3) is 1.00. The second-order valence-electron chi connectivity index (χ2n) is 6.26. The maximum atomic E-state index is 10.5. The zero-order valence-electron chi connectivity index (χ0n) is 14.0. The van der Waals surface area contributed by atoms with E-state index in [4.69, 9.17) is 0 Å². The zero-order chi connectivity index (χ0) is 14.7. The molecular weight excluding hydrogens is 351 g/mol. The molecule has 20 heavy (non-hydrogen) atoms. The van der Waals surface area contributed by atoms with E-state index in [1.165, 1.54) is 103 Å². The monoisotopic (exact) mass is 390 g/mol. The molecule has 0 spiro atoms. The molecule has 0 aromatic heterocycles. The van der Waals surface area contributed by atoms with Crippen LogP contribution in [0.3, 0.4) is 0 Å². The third kappa shape index (κ3) is 18.6. The first-order chi connectivity index (χ1) is 9.91. The third-order valence-corrected chi connectivity index (χ3v) is 6.01. The van der Waals surface area contributed by atoms with Gasteiger partial charge in [-0.3, -0.25) is 0 Å². The van der Waals surface area contributed by atoms with Gasteiger partial charge in [-0.05, 0) is 0 Å². The summed E-state index contributed by atoms with van der Waals surface area (Å²) >= 11 is -1.28. The Morgan fingerprint density at radius 3 is 1.10 bits per heavy atom. The molecule has 0 aliphatic rings. The van der Waals surface area contributed by atoms with E-state index in [0.717, 1.165) is 4.44 Å². The average molecular weight is 389 g/mol. The van der Waals surface area contributed by atoms with Crippen LogP contribution in [0.25, 0.3) is 0 Å². The molecule has 0 atom stereocenters. The normalized spacial score (nSPS) is 10.8. The van der Waals surface area contributed by atoms with Crippen molar-refractivity contribution in [2.45, 2.75) is 114 Å². The summed E-state index contributed by atoms with van der Waals surface area (Å²) in [6, 6.07) is 0. The van der Waals surface area contributed by atoms with Gasteiger partial charge in [-0.1, -0.05) is 39.0 Å². The molecule has 0 aromatic carbocycles. The number of rotatable bonds is 17. The van der Waals surface area contributed by atoms with Crippen LogP contribution >= 0.6 is 0 Å². The van der Waals surface area contributed by atoms with E-state index in [-0.39, 0.29) is 0 Å². The Kier molecular flexibility index (Phi) is 20.2. The van der Waals surface area contributed by atoms with E-state index >= 15 is 0 Å². The Balaban J connectivity index is 2.90. The first-order valence-corrected chi connectivity index (χ1v) is 13.0. The standard InChI is InChI=1S/C18H37.O.Sn.H/c1-3-5-7-9-11-13-15-17-18-16-14-12-10-8-6-4-2;;;/h1,3-18H2,2H3;;;. The van der Waals surface area contributed by atoms with E-state index < -0.39 is 21.1 Å². The quantitative estimate of drug-likeness (QED) is 0.206. The average Bonchev–Trinajstić information content (AvgIpc) is 2.47. The molecule has 0 aliphatic heterocycles. The van der Waals surface area contributed by atoms with E-state index in [9.17, 15) is 3.08 Å². The van der Waals surface area contributed by atoms with E-state index in [1.54, 1.807) is 0 Å². The predicted molar refractivity (Wildman–Crippen MR) is 92.2 cm³/mol. The number of hydrogen-bond donors (Lipinski definition) is 0. The summed E-state index contributed by atoms with van der Waals surface area (Å²) in [5, 5.41) is 0. The Bertz CT molecular complexity index is 182. The van der Waals surface area contributed by atoms with Gasteiger partial charge in [0.05, 0.1) is 0 Å². The fourth-order valence-corrected chi connectivity index (χ4v) is 4.08. The van der Waals surface area contributed by atoms with Gasteiger partial charge >= 0.3 is 99.3 Å². The molecule has 0 unspecified atom stereocenters. The summed E-state index contributed by atoms with van der Waals surface area (Å²) in [7, 11) is 0. The molecular formula is C18H38OSn. The van der Waals surface area contributed by atoms with Gasteiger partial charge in [0.25, 0.3) is 0 Å². The van der Waals surface area contributed by atoms with Crippen molar-refractivity contribution in [3.8, 4) is 0 Å². The molecule has 0 rings (SSSR count). The van der Waals surface area contributed by atoms with Gasteiger partial charge in [-0.2, -0.15) is 0 Å². The van der Waals surface area contributed by atoms with E-state index in [1.807, 2.05) is 0 Å². The molecule has 0 aliphatic carbocycles. The Hall–Kier alpha value is 0.599. The fourth-order valence-electron chi connectivity index (χ4n) is 2.78. The van der Waals surface area contributed by atoms with Crippen LogP contribution in [-0.2, 0) is 3.08 Å². The summed E-state index contributed by atoms with van der Waals surface area (Å²) in [6.07, 6.45) is 22.7. The zero-order valence-corrected chi connectivity index (χ0v) is 17.3. The summed E-state index contributed by atoms with van der Waals surface area (Å²) in [5.41, 5.74) is 0. The predicted octanol–water partition coefficient (Wildman–Crippen LogP) is 6.45. The van der Waals surface area contributed by atoms with Crippen molar-refractivity contribution in [1.29, 1.82) is 0 Å². The SMILES string of the molecule is CCCCCCCCCCCCCCCCC[CH2][SnH]=[O]. The maximum absolute atomic E-state index is 10.5. The van der Waals surface area contributed by atoms with Crippen molar-refractivity contribution in [2.24, 2.45) is 0 Å². The van der Waals surface area contributed by atoms with Gasteiger partial charge in [-0.15, -0.1) is 0 Å². The molecule has 0 saturated carbocycles. The molecule has 120 valence electrons. The van der Waals surface area contributed by atoms with Gasteiger partial charge in [0.15, 0.2) is 0 Å². The molecule has 0 fully saturated rings. The van der Waals surface area contributed by atoms with Crippen LogP contribution in [0.4, 0.5) is 0 Å². The van der Waals surface area contributed by atoms with Crippen LogP contribution in [0, 0.1) is 0 Å². The van der Waals surface area contributed by atoms with Crippen molar-refractivity contribution < 1.29 is 3.08 Å². The molecule has 0 saturated heterocycles. The Morgan fingerprint density at radius 1 is 0.500 bits per heavy atom. The first kappa shape index (κ1) is 20.6. The van der Waals surface area contributed by atoms with Crippen molar-refractivity contribution in [3.05, 3.63) is 0 Å². The van der Waals surface area contributed by atoms with Gasteiger partial charge in [0.1, 0.15) is 0 Å². The molecule has 0 amide bonds. The molecule has 2 heteroatoms. The van der Waals surface area contributed by atoms with Crippen LogP contribution < -0.4 is 0 Å². The molecule has 0 heterocycles. The minimum atomic E-state index is -1.28. The number of unbranched alkanes of at least 4 members (excludes halogenated alkanes) is 15. The Labute approximate surface area is 138 Å². The number of hydrogen-bond acceptors (Lipinski definition) is 1. The van der Waals surface area contributed by atoms with Gasteiger partial charge in [-0.25, -0.2) is 0 Å².